The fourth-order valence-electron chi connectivity index (χ4n) is 2.49. The van der Waals surface area contributed by atoms with E-state index in [1.807, 2.05) is 12.1 Å². The van der Waals surface area contributed by atoms with Crippen molar-refractivity contribution < 1.29 is 4.79 Å². The minimum absolute atomic E-state index is 0.00220. The lowest BCUT2D eigenvalue weighted by atomic mass is 10.1. The Bertz CT molecular complexity index is 414. The Morgan fingerprint density at radius 2 is 2.05 bits per heavy atom. The van der Waals surface area contributed by atoms with Crippen molar-refractivity contribution in [2.45, 2.75) is 25.8 Å². The predicted octanol–water partition coefficient (Wildman–Crippen LogP) is 1.83. The molecule has 1 aliphatic heterocycles. The molecule has 1 aromatic carbocycles. The summed E-state index contributed by atoms with van der Waals surface area (Å²) in [4.78, 5) is 14.0. The Morgan fingerprint density at radius 1 is 1.26 bits per heavy atom. The van der Waals surface area contributed by atoms with Crippen molar-refractivity contribution in [2.24, 2.45) is 0 Å². The van der Waals surface area contributed by atoms with Crippen molar-refractivity contribution in [1.82, 2.24) is 10.2 Å². The largest absolute Gasteiger partial charge is 0.325 e. The van der Waals surface area contributed by atoms with Crippen LogP contribution in [0.1, 0.15) is 24.8 Å². The molecule has 104 valence electrons. The number of carbonyl (C=O) groups is 1. The van der Waals surface area contributed by atoms with Crippen LogP contribution < -0.4 is 10.6 Å². The van der Waals surface area contributed by atoms with E-state index >= 15 is 0 Å². The quantitative estimate of drug-likeness (QED) is 0.850. The zero-order chi connectivity index (χ0) is 13.5. The first kappa shape index (κ1) is 14.0. The maximum Gasteiger partial charge on any atom is 0.238 e. The lowest BCUT2D eigenvalue weighted by molar-refractivity contribution is -0.115. The molecule has 4 nitrogen and oxygen atoms in total. The molecule has 0 saturated carbocycles. The fraction of sp³-hybridized carbons (Fsp3) is 0.533. The molecule has 0 aliphatic carbocycles. The van der Waals surface area contributed by atoms with E-state index in [-0.39, 0.29) is 5.91 Å². The van der Waals surface area contributed by atoms with E-state index < -0.39 is 0 Å². The number of anilines is 1. The third-order valence-electron chi connectivity index (χ3n) is 3.40. The molecule has 0 bridgehead atoms. The molecule has 2 rings (SSSR count). The molecule has 2 N–H and O–H groups in total. The average molecular weight is 261 g/mol. The van der Waals surface area contributed by atoms with Crippen LogP contribution in [0, 0.1) is 0 Å². The highest BCUT2D eigenvalue weighted by Crippen LogP contribution is 2.16. The fourth-order valence-corrected chi connectivity index (χ4v) is 2.49. The summed E-state index contributed by atoms with van der Waals surface area (Å²) in [5, 5.41) is 5.75. The van der Waals surface area contributed by atoms with E-state index in [1.54, 1.807) is 7.05 Å². The summed E-state index contributed by atoms with van der Waals surface area (Å²) in [7, 11) is 1.77. The van der Waals surface area contributed by atoms with Crippen molar-refractivity contribution in [3.8, 4) is 0 Å². The minimum Gasteiger partial charge on any atom is -0.325 e. The van der Waals surface area contributed by atoms with Gasteiger partial charge in [0.15, 0.2) is 0 Å². The SMILES string of the molecule is CNCC(=O)Nc1cccc(CN2CCCCC2)c1. The van der Waals surface area contributed by atoms with Gasteiger partial charge >= 0.3 is 0 Å². The number of likely N-dealkylation sites (tertiary alicyclic amines) is 1. The van der Waals surface area contributed by atoms with Crippen molar-refractivity contribution in [3.05, 3.63) is 29.8 Å². The third kappa shape index (κ3) is 4.65. The van der Waals surface area contributed by atoms with Crippen LogP contribution in [0.5, 0.6) is 0 Å². The first-order chi connectivity index (χ1) is 9.28. The number of rotatable bonds is 5. The number of nitrogens with zero attached hydrogens (tertiary/aromatic N) is 1. The predicted molar refractivity (Wildman–Crippen MR) is 78.1 cm³/mol. The summed E-state index contributed by atoms with van der Waals surface area (Å²) < 4.78 is 0. The first-order valence-corrected chi connectivity index (χ1v) is 7.03. The summed E-state index contributed by atoms with van der Waals surface area (Å²) in [5.41, 5.74) is 2.15. The molecular weight excluding hydrogens is 238 g/mol. The molecule has 0 atom stereocenters. The van der Waals surface area contributed by atoms with E-state index in [1.165, 1.54) is 37.9 Å². The highest BCUT2D eigenvalue weighted by atomic mass is 16.1. The molecule has 1 amide bonds. The molecule has 0 unspecified atom stereocenters. The first-order valence-electron chi connectivity index (χ1n) is 7.03. The zero-order valence-electron chi connectivity index (χ0n) is 11.6. The van der Waals surface area contributed by atoms with Crippen LogP contribution in [-0.2, 0) is 11.3 Å². The van der Waals surface area contributed by atoms with Crippen molar-refractivity contribution in [2.75, 3.05) is 32.0 Å². The van der Waals surface area contributed by atoms with Crippen LogP contribution in [0.25, 0.3) is 0 Å². The summed E-state index contributed by atoms with van der Waals surface area (Å²) >= 11 is 0. The number of carbonyl (C=O) groups excluding carboxylic acids is 1. The normalized spacial score (nSPS) is 16.3. The monoisotopic (exact) mass is 261 g/mol. The molecule has 4 heteroatoms. The maximum absolute atomic E-state index is 11.5. The summed E-state index contributed by atoms with van der Waals surface area (Å²) in [6, 6.07) is 8.14. The van der Waals surface area contributed by atoms with Gasteiger partial charge in [0.05, 0.1) is 6.54 Å². The number of piperidine rings is 1. The smallest absolute Gasteiger partial charge is 0.238 e. The second-order valence-corrected chi connectivity index (χ2v) is 5.12. The summed E-state index contributed by atoms with van der Waals surface area (Å²) in [6.45, 7) is 3.71. The van der Waals surface area contributed by atoms with Crippen LogP contribution >= 0.6 is 0 Å². The Labute approximate surface area is 115 Å². The van der Waals surface area contributed by atoms with Crippen molar-refractivity contribution >= 4 is 11.6 Å². The standard InChI is InChI=1S/C15H23N3O/c1-16-11-15(19)17-14-7-5-6-13(10-14)12-18-8-3-2-4-9-18/h5-7,10,16H,2-4,8-9,11-12H2,1H3,(H,17,19). The van der Waals surface area contributed by atoms with Gasteiger partial charge in [-0.3, -0.25) is 9.69 Å². The zero-order valence-corrected chi connectivity index (χ0v) is 11.6. The van der Waals surface area contributed by atoms with Crippen molar-refractivity contribution in [3.63, 3.8) is 0 Å². The van der Waals surface area contributed by atoms with Gasteiger partial charge in [0.2, 0.25) is 5.91 Å². The molecule has 1 saturated heterocycles. The van der Waals surface area contributed by atoms with Gasteiger partial charge in [0.25, 0.3) is 0 Å². The number of nitrogens with one attached hydrogen (secondary N) is 2. The van der Waals surface area contributed by atoms with E-state index in [0.29, 0.717) is 6.54 Å². The van der Waals surface area contributed by atoms with Crippen LogP contribution in [0.4, 0.5) is 5.69 Å². The molecule has 1 aliphatic rings. The number of hydrogen-bond acceptors (Lipinski definition) is 3. The van der Waals surface area contributed by atoms with Gasteiger partial charge in [0.1, 0.15) is 0 Å². The van der Waals surface area contributed by atoms with Crippen molar-refractivity contribution in [1.29, 1.82) is 0 Å². The van der Waals surface area contributed by atoms with Gasteiger partial charge in [-0.15, -0.1) is 0 Å². The third-order valence-corrected chi connectivity index (χ3v) is 3.40. The Hall–Kier alpha value is -1.39. The summed E-state index contributed by atoms with van der Waals surface area (Å²) in [5.74, 6) is -0.00220. The Kier molecular flexibility index (Phi) is 5.36. The van der Waals surface area contributed by atoms with Crippen LogP contribution in [-0.4, -0.2) is 37.5 Å². The molecule has 1 aromatic rings. The molecule has 19 heavy (non-hydrogen) atoms. The lowest BCUT2D eigenvalue weighted by Gasteiger charge is -2.26. The van der Waals surface area contributed by atoms with Crippen LogP contribution in [0.15, 0.2) is 24.3 Å². The van der Waals surface area contributed by atoms with E-state index in [4.69, 9.17) is 0 Å². The molecule has 0 radical (unpaired) electrons. The molecule has 1 fully saturated rings. The number of amides is 1. The van der Waals surface area contributed by atoms with Crippen LogP contribution in [0.2, 0.25) is 0 Å². The highest BCUT2D eigenvalue weighted by molar-refractivity contribution is 5.92. The average Bonchev–Trinajstić information content (AvgIpc) is 2.40. The van der Waals surface area contributed by atoms with E-state index in [9.17, 15) is 4.79 Å². The number of hydrogen-bond donors (Lipinski definition) is 2. The molecule has 0 spiro atoms. The lowest BCUT2D eigenvalue weighted by Crippen LogP contribution is -2.29. The second kappa shape index (κ2) is 7.26. The van der Waals surface area contributed by atoms with Gasteiger partial charge in [0, 0.05) is 12.2 Å². The Balaban J connectivity index is 1.92. The summed E-state index contributed by atoms with van der Waals surface area (Å²) in [6.07, 6.45) is 3.97. The number of likely N-dealkylation sites (N-methyl/N-ethyl adjacent to an activating group) is 1. The highest BCUT2D eigenvalue weighted by Gasteiger charge is 2.10. The van der Waals surface area contributed by atoms with E-state index in [2.05, 4.69) is 27.7 Å². The van der Waals surface area contributed by atoms with Gasteiger partial charge in [-0.1, -0.05) is 18.6 Å². The van der Waals surface area contributed by atoms with Gasteiger partial charge < -0.3 is 10.6 Å². The molecule has 0 aromatic heterocycles. The van der Waals surface area contributed by atoms with Gasteiger partial charge in [-0.2, -0.15) is 0 Å². The van der Waals surface area contributed by atoms with Gasteiger partial charge in [-0.05, 0) is 50.7 Å². The van der Waals surface area contributed by atoms with Gasteiger partial charge in [-0.25, -0.2) is 0 Å². The molecular formula is C15H23N3O. The molecule has 1 heterocycles. The maximum atomic E-state index is 11.5. The van der Waals surface area contributed by atoms with E-state index in [0.717, 1.165) is 12.2 Å². The van der Waals surface area contributed by atoms with Crippen LogP contribution in [0.3, 0.4) is 0 Å². The Morgan fingerprint density at radius 3 is 2.79 bits per heavy atom. The topological polar surface area (TPSA) is 44.4 Å². The number of benzene rings is 1. The minimum atomic E-state index is -0.00220. The second-order valence-electron chi connectivity index (χ2n) is 5.12.